The molecule has 1 N–H and O–H groups in total. The van der Waals surface area contributed by atoms with Gasteiger partial charge in [0.1, 0.15) is 0 Å². The smallest absolute Gasteiger partial charge is 0.252 e. The van der Waals surface area contributed by atoms with E-state index in [9.17, 15) is 13.6 Å². The standard InChI is InChI=1S/C9H9F2NO/c10-9(11)2-1-8-6(4-9)3-7(5-13)12-8/h3,5,12H,1-2,4H2. The Bertz CT molecular complexity index is 343. The number of hydrogen-bond donors (Lipinski definition) is 1. The van der Waals surface area contributed by atoms with Crippen LogP contribution in [-0.4, -0.2) is 17.2 Å². The van der Waals surface area contributed by atoms with E-state index < -0.39 is 5.92 Å². The molecule has 4 heteroatoms. The van der Waals surface area contributed by atoms with Crippen LogP contribution in [0.3, 0.4) is 0 Å². The van der Waals surface area contributed by atoms with Crippen LogP contribution < -0.4 is 0 Å². The SMILES string of the molecule is O=Cc1cc2c([nH]1)CCC(F)(F)C2. The minimum Gasteiger partial charge on any atom is -0.356 e. The van der Waals surface area contributed by atoms with E-state index in [1.807, 2.05) is 0 Å². The number of carbonyl (C=O) groups is 1. The lowest BCUT2D eigenvalue weighted by Crippen LogP contribution is -2.25. The Hall–Kier alpha value is -1.19. The Kier molecular flexibility index (Phi) is 1.71. The van der Waals surface area contributed by atoms with Gasteiger partial charge in [-0.2, -0.15) is 0 Å². The minimum atomic E-state index is -2.60. The zero-order valence-electron chi connectivity index (χ0n) is 6.94. The molecule has 2 nitrogen and oxygen atoms in total. The van der Waals surface area contributed by atoms with E-state index in [0.29, 0.717) is 24.0 Å². The molecule has 1 aliphatic carbocycles. The maximum absolute atomic E-state index is 12.9. The molecule has 13 heavy (non-hydrogen) atoms. The van der Waals surface area contributed by atoms with Gasteiger partial charge in [-0.15, -0.1) is 0 Å². The van der Waals surface area contributed by atoms with Gasteiger partial charge in [-0.25, -0.2) is 8.78 Å². The molecule has 0 spiro atoms. The van der Waals surface area contributed by atoms with Crippen molar-refractivity contribution in [3.8, 4) is 0 Å². The second kappa shape index (κ2) is 2.65. The van der Waals surface area contributed by atoms with Crippen LogP contribution in [0.1, 0.15) is 28.2 Å². The van der Waals surface area contributed by atoms with Gasteiger partial charge in [-0.1, -0.05) is 0 Å². The number of alkyl halides is 2. The summed E-state index contributed by atoms with van der Waals surface area (Å²) in [5, 5.41) is 0. The third-order valence-electron chi connectivity index (χ3n) is 2.33. The number of halogens is 2. The molecule has 0 bridgehead atoms. The molecule has 2 rings (SSSR count). The number of aryl methyl sites for hydroxylation is 1. The van der Waals surface area contributed by atoms with Crippen LogP contribution >= 0.6 is 0 Å². The van der Waals surface area contributed by atoms with Crippen molar-refractivity contribution in [1.29, 1.82) is 0 Å². The highest BCUT2D eigenvalue weighted by Crippen LogP contribution is 2.32. The van der Waals surface area contributed by atoms with Crippen molar-refractivity contribution < 1.29 is 13.6 Å². The van der Waals surface area contributed by atoms with E-state index in [1.54, 1.807) is 0 Å². The Labute approximate surface area is 74.0 Å². The second-order valence-corrected chi connectivity index (χ2v) is 3.38. The summed E-state index contributed by atoms with van der Waals surface area (Å²) in [4.78, 5) is 13.2. The number of fused-ring (bicyclic) bond motifs is 1. The molecule has 0 amide bonds. The van der Waals surface area contributed by atoms with Crippen molar-refractivity contribution in [2.24, 2.45) is 0 Å². The fourth-order valence-corrected chi connectivity index (χ4v) is 1.68. The number of nitrogens with one attached hydrogen (secondary N) is 1. The second-order valence-electron chi connectivity index (χ2n) is 3.38. The maximum Gasteiger partial charge on any atom is 0.252 e. The van der Waals surface area contributed by atoms with Gasteiger partial charge in [0.15, 0.2) is 6.29 Å². The van der Waals surface area contributed by atoms with Crippen LogP contribution in [0.4, 0.5) is 8.78 Å². The van der Waals surface area contributed by atoms with E-state index in [0.717, 1.165) is 5.69 Å². The van der Waals surface area contributed by atoms with Gasteiger partial charge in [0.2, 0.25) is 0 Å². The molecule has 1 aromatic heterocycles. The molecule has 0 radical (unpaired) electrons. The summed E-state index contributed by atoms with van der Waals surface area (Å²) in [6.45, 7) is 0. The van der Waals surface area contributed by atoms with Crippen molar-refractivity contribution in [1.82, 2.24) is 4.98 Å². The van der Waals surface area contributed by atoms with Gasteiger partial charge in [0.05, 0.1) is 5.69 Å². The third-order valence-corrected chi connectivity index (χ3v) is 2.33. The fraction of sp³-hybridized carbons (Fsp3) is 0.444. The Morgan fingerprint density at radius 1 is 1.54 bits per heavy atom. The normalized spacial score (nSPS) is 19.5. The molecular weight excluding hydrogens is 176 g/mol. The molecule has 0 aromatic carbocycles. The predicted molar refractivity (Wildman–Crippen MR) is 43.2 cm³/mol. The molecule has 1 aliphatic rings. The van der Waals surface area contributed by atoms with Crippen LogP contribution in [0.15, 0.2) is 6.07 Å². The molecular formula is C9H9F2NO. The van der Waals surface area contributed by atoms with Crippen molar-refractivity contribution >= 4 is 6.29 Å². The highest BCUT2D eigenvalue weighted by molar-refractivity contribution is 5.73. The van der Waals surface area contributed by atoms with Gasteiger partial charge in [-0.3, -0.25) is 4.79 Å². The monoisotopic (exact) mass is 185 g/mol. The average Bonchev–Trinajstić information content (AvgIpc) is 2.44. The zero-order valence-corrected chi connectivity index (χ0v) is 6.94. The third kappa shape index (κ3) is 1.48. The quantitative estimate of drug-likeness (QED) is 0.666. The van der Waals surface area contributed by atoms with Gasteiger partial charge in [0, 0.05) is 18.5 Å². The molecule has 0 fully saturated rings. The number of hydrogen-bond acceptors (Lipinski definition) is 1. The number of H-pyrrole nitrogens is 1. The summed E-state index contributed by atoms with van der Waals surface area (Å²) in [6, 6.07) is 1.51. The largest absolute Gasteiger partial charge is 0.356 e. The number of rotatable bonds is 1. The van der Waals surface area contributed by atoms with E-state index >= 15 is 0 Å². The summed E-state index contributed by atoms with van der Waals surface area (Å²) in [5.41, 5.74) is 1.76. The highest BCUT2D eigenvalue weighted by atomic mass is 19.3. The van der Waals surface area contributed by atoms with Crippen LogP contribution in [0.5, 0.6) is 0 Å². The first-order valence-electron chi connectivity index (χ1n) is 4.14. The summed E-state index contributed by atoms with van der Waals surface area (Å²) in [5.74, 6) is -2.60. The average molecular weight is 185 g/mol. The highest BCUT2D eigenvalue weighted by Gasteiger charge is 2.34. The predicted octanol–water partition coefficient (Wildman–Crippen LogP) is 1.95. The van der Waals surface area contributed by atoms with E-state index in [2.05, 4.69) is 4.98 Å². The Balaban J connectivity index is 2.35. The van der Waals surface area contributed by atoms with Crippen LogP contribution in [0.25, 0.3) is 0 Å². The molecule has 70 valence electrons. The van der Waals surface area contributed by atoms with Crippen molar-refractivity contribution in [3.63, 3.8) is 0 Å². The fourth-order valence-electron chi connectivity index (χ4n) is 1.68. The minimum absolute atomic E-state index is 0.126. The Morgan fingerprint density at radius 3 is 3.00 bits per heavy atom. The Morgan fingerprint density at radius 2 is 2.31 bits per heavy atom. The summed E-state index contributed by atoms with van der Waals surface area (Å²) in [6.07, 6.45) is 0.609. The van der Waals surface area contributed by atoms with Crippen molar-refractivity contribution in [2.75, 3.05) is 0 Å². The number of aromatic amines is 1. The topological polar surface area (TPSA) is 32.9 Å². The van der Waals surface area contributed by atoms with Crippen LogP contribution in [0.2, 0.25) is 0 Å². The number of carbonyl (C=O) groups excluding carboxylic acids is 1. The number of aromatic nitrogens is 1. The van der Waals surface area contributed by atoms with Gasteiger partial charge >= 0.3 is 0 Å². The molecule has 1 heterocycles. The lowest BCUT2D eigenvalue weighted by Gasteiger charge is -2.21. The van der Waals surface area contributed by atoms with Crippen molar-refractivity contribution in [3.05, 3.63) is 23.0 Å². The lowest BCUT2D eigenvalue weighted by molar-refractivity contribution is -0.0124. The molecule has 0 unspecified atom stereocenters. The van der Waals surface area contributed by atoms with Crippen molar-refractivity contribution in [2.45, 2.75) is 25.2 Å². The summed E-state index contributed by atoms with van der Waals surface area (Å²) < 4.78 is 25.8. The molecule has 0 saturated carbocycles. The van der Waals surface area contributed by atoms with E-state index in [4.69, 9.17) is 0 Å². The van der Waals surface area contributed by atoms with Gasteiger partial charge in [-0.05, 0) is 18.1 Å². The zero-order chi connectivity index (χ0) is 9.47. The first-order chi connectivity index (χ1) is 6.11. The van der Waals surface area contributed by atoms with Crippen LogP contribution in [0, 0.1) is 0 Å². The molecule has 0 atom stereocenters. The van der Waals surface area contributed by atoms with E-state index in [1.165, 1.54) is 6.07 Å². The number of aldehydes is 1. The van der Waals surface area contributed by atoms with Gasteiger partial charge in [0.25, 0.3) is 5.92 Å². The first kappa shape index (κ1) is 8.41. The molecule has 0 saturated heterocycles. The molecule has 1 aromatic rings. The van der Waals surface area contributed by atoms with E-state index in [-0.39, 0.29) is 12.8 Å². The molecule has 0 aliphatic heterocycles. The van der Waals surface area contributed by atoms with Gasteiger partial charge < -0.3 is 4.98 Å². The van der Waals surface area contributed by atoms with Crippen LogP contribution in [-0.2, 0) is 12.8 Å². The summed E-state index contributed by atoms with van der Waals surface area (Å²) in [7, 11) is 0. The maximum atomic E-state index is 12.9. The first-order valence-corrected chi connectivity index (χ1v) is 4.14. The summed E-state index contributed by atoms with van der Waals surface area (Å²) >= 11 is 0. The lowest BCUT2D eigenvalue weighted by atomic mass is 9.95.